The van der Waals surface area contributed by atoms with Crippen molar-refractivity contribution in [3.63, 3.8) is 0 Å². The second-order valence-corrected chi connectivity index (χ2v) is 3.56. The van der Waals surface area contributed by atoms with Crippen LogP contribution in [-0.2, 0) is 0 Å². The number of nitrogens with zero attached hydrogens (tertiary/aromatic N) is 3. The molecule has 17 heavy (non-hydrogen) atoms. The molecule has 1 heterocycles. The van der Waals surface area contributed by atoms with Gasteiger partial charge < -0.3 is 10.3 Å². The van der Waals surface area contributed by atoms with Gasteiger partial charge in [0, 0.05) is 6.92 Å². The van der Waals surface area contributed by atoms with Crippen LogP contribution in [0.25, 0.3) is 5.69 Å². The average molecular weight is 232 g/mol. The van der Waals surface area contributed by atoms with Gasteiger partial charge in [-0.15, -0.1) is 5.10 Å². The zero-order valence-electron chi connectivity index (χ0n) is 9.54. The summed E-state index contributed by atoms with van der Waals surface area (Å²) in [6, 6.07) is 7.15. The highest BCUT2D eigenvalue weighted by molar-refractivity contribution is 5.98. The molecule has 6 heteroatoms. The molecule has 1 aromatic heterocycles. The summed E-state index contributed by atoms with van der Waals surface area (Å²) < 4.78 is 6.02. The molecule has 6 nitrogen and oxygen atoms in total. The van der Waals surface area contributed by atoms with Crippen LogP contribution in [0.2, 0.25) is 0 Å². The van der Waals surface area contributed by atoms with Crippen molar-refractivity contribution in [2.75, 3.05) is 0 Å². The van der Waals surface area contributed by atoms with Crippen molar-refractivity contribution in [3.05, 3.63) is 46.3 Å². The quantitative estimate of drug-likeness (QED) is 0.471. The van der Waals surface area contributed by atoms with E-state index in [9.17, 15) is 4.79 Å². The summed E-state index contributed by atoms with van der Waals surface area (Å²) >= 11 is 0. The lowest BCUT2D eigenvalue weighted by Gasteiger charge is -2.01. The maximum atomic E-state index is 11.4. The predicted molar refractivity (Wildman–Crippen MR) is 63.2 cm³/mol. The molecule has 1 aromatic carbocycles. The van der Waals surface area contributed by atoms with Gasteiger partial charge >= 0.3 is 5.76 Å². The molecular formula is C11H12N4O2. The maximum absolute atomic E-state index is 11.4. The fraction of sp³-hybridized carbons (Fsp3) is 0.182. The Morgan fingerprint density at radius 2 is 2.06 bits per heavy atom. The van der Waals surface area contributed by atoms with Gasteiger partial charge in [0.15, 0.2) is 0 Å². The fourth-order valence-corrected chi connectivity index (χ4v) is 1.45. The normalized spacial score (nSPS) is 11.8. The smallest absolute Gasteiger partial charge is 0.392 e. The van der Waals surface area contributed by atoms with Crippen LogP contribution in [0.15, 0.2) is 38.6 Å². The van der Waals surface area contributed by atoms with Crippen LogP contribution in [-0.4, -0.2) is 15.5 Å². The Balaban J connectivity index is 2.42. The molecule has 0 saturated heterocycles. The van der Waals surface area contributed by atoms with E-state index >= 15 is 0 Å². The van der Waals surface area contributed by atoms with Crippen LogP contribution in [0.4, 0.5) is 0 Å². The first-order chi connectivity index (χ1) is 8.11. The van der Waals surface area contributed by atoms with E-state index in [0.717, 1.165) is 11.3 Å². The second-order valence-electron chi connectivity index (χ2n) is 3.56. The molecule has 0 unspecified atom stereocenters. The maximum Gasteiger partial charge on any atom is 0.441 e. The van der Waals surface area contributed by atoms with Crippen LogP contribution in [0.5, 0.6) is 0 Å². The Kier molecular flexibility index (Phi) is 2.78. The van der Waals surface area contributed by atoms with Crippen molar-refractivity contribution in [2.24, 2.45) is 10.9 Å². The second kappa shape index (κ2) is 4.25. The molecular weight excluding hydrogens is 220 g/mol. The highest BCUT2D eigenvalue weighted by atomic mass is 16.4. The Bertz CT molecular complexity index is 607. The highest BCUT2D eigenvalue weighted by Crippen LogP contribution is 2.08. The van der Waals surface area contributed by atoms with E-state index in [2.05, 4.69) is 10.2 Å². The van der Waals surface area contributed by atoms with E-state index in [1.54, 1.807) is 26.0 Å². The van der Waals surface area contributed by atoms with Gasteiger partial charge in [0.25, 0.3) is 0 Å². The number of aromatic nitrogens is 2. The van der Waals surface area contributed by atoms with Crippen molar-refractivity contribution in [1.29, 1.82) is 0 Å². The molecule has 0 aliphatic carbocycles. The Morgan fingerprint density at radius 1 is 1.41 bits per heavy atom. The van der Waals surface area contributed by atoms with E-state index < -0.39 is 5.76 Å². The first kappa shape index (κ1) is 11.1. The average Bonchev–Trinajstić information content (AvgIpc) is 2.68. The zero-order chi connectivity index (χ0) is 12.4. The van der Waals surface area contributed by atoms with Crippen LogP contribution in [0.1, 0.15) is 18.4 Å². The molecule has 0 radical (unpaired) electrons. The summed E-state index contributed by atoms with van der Waals surface area (Å²) in [6.45, 7) is 3.43. The number of hydrazone groups is 1. The lowest BCUT2D eigenvalue weighted by molar-refractivity contribution is 0.477. The number of aryl methyl sites for hydroxylation is 1. The van der Waals surface area contributed by atoms with Gasteiger partial charge in [-0.2, -0.15) is 9.78 Å². The zero-order valence-corrected chi connectivity index (χ0v) is 9.54. The summed E-state index contributed by atoms with van der Waals surface area (Å²) in [7, 11) is 0. The van der Waals surface area contributed by atoms with Gasteiger partial charge in [-0.1, -0.05) is 12.1 Å². The Labute approximate surface area is 97.4 Å². The van der Waals surface area contributed by atoms with Crippen LogP contribution >= 0.6 is 0 Å². The lowest BCUT2D eigenvalue weighted by atomic mass is 10.1. The van der Waals surface area contributed by atoms with Gasteiger partial charge in [-0.05, 0) is 24.6 Å². The summed E-state index contributed by atoms with van der Waals surface area (Å²) in [4.78, 5) is 11.4. The summed E-state index contributed by atoms with van der Waals surface area (Å²) in [5.41, 5.74) is 2.25. The van der Waals surface area contributed by atoms with Gasteiger partial charge in [0.1, 0.15) is 0 Å². The van der Waals surface area contributed by atoms with Gasteiger partial charge in [0.05, 0.1) is 11.4 Å². The van der Waals surface area contributed by atoms with Crippen molar-refractivity contribution in [1.82, 2.24) is 9.78 Å². The van der Waals surface area contributed by atoms with E-state index in [-0.39, 0.29) is 0 Å². The minimum Gasteiger partial charge on any atom is -0.392 e. The highest BCUT2D eigenvalue weighted by Gasteiger charge is 2.06. The molecule has 0 fully saturated rings. The molecule has 2 rings (SSSR count). The number of hydrogen-bond acceptors (Lipinski definition) is 5. The first-order valence-corrected chi connectivity index (χ1v) is 5.04. The molecule has 0 aliphatic heterocycles. The summed E-state index contributed by atoms with van der Waals surface area (Å²) in [5.74, 6) is 5.02. The molecule has 0 atom stereocenters. The summed E-state index contributed by atoms with van der Waals surface area (Å²) in [6.07, 6.45) is 0. The minimum atomic E-state index is -0.500. The Hall–Kier alpha value is -2.37. The predicted octanol–water partition coefficient (Wildman–Crippen LogP) is 0.817. The van der Waals surface area contributed by atoms with Gasteiger partial charge in [-0.25, -0.2) is 4.79 Å². The topological polar surface area (TPSA) is 86.4 Å². The third kappa shape index (κ3) is 2.10. The third-order valence-corrected chi connectivity index (χ3v) is 2.37. The fourth-order valence-electron chi connectivity index (χ4n) is 1.45. The number of rotatable bonds is 2. The van der Waals surface area contributed by atoms with E-state index in [1.165, 1.54) is 4.68 Å². The van der Waals surface area contributed by atoms with Gasteiger partial charge in [0.2, 0.25) is 5.89 Å². The Morgan fingerprint density at radius 3 is 2.53 bits per heavy atom. The van der Waals surface area contributed by atoms with E-state index in [1.807, 2.05) is 12.1 Å². The van der Waals surface area contributed by atoms with E-state index in [4.69, 9.17) is 10.3 Å². The van der Waals surface area contributed by atoms with Crippen LogP contribution in [0.3, 0.4) is 0 Å². The molecule has 2 N–H and O–H groups in total. The lowest BCUT2D eigenvalue weighted by Crippen LogP contribution is -2.13. The van der Waals surface area contributed by atoms with Crippen LogP contribution < -0.4 is 11.6 Å². The molecule has 0 aliphatic rings. The molecule has 2 aromatic rings. The first-order valence-electron chi connectivity index (χ1n) is 5.04. The standard InChI is InChI=1S/C11H12N4O2/c1-7(13-12)9-3-5-10(6-4-9)15-11(16)17-8(2)14-15/h3-6H,12H2,1-2H3/b13-7+. The molecule has 0 saturated carbocycles. The molecule has 0 spiro atoms. The van der Waals surface area contributed by atoms with Crippen molar-refractivity contribution < 1.29 is 4.42 Å². The SMILES string of the molecule is C/C(=N\N)c1ccc(-n2nc(C)oc2=O)cc1. The van der Waals surface area contributed by atoms with Crippen molar-refractivity contribution in [2.45, 2.75) is 13.8 Å². The van der Waals surface area contributed by atoms with Crippen LogP contribution in [0, 0.1) is 6.92 Å². The monoisotopic (exact) mass is 232 g/mol. The van der Waals surface area contributed by atoms with Gasteiger partial charge in [-0.3, -0.25) is 0 Å². The summed E-state index contributed by atoms with van der Waals surface area (Å²) in [5, 5.41) is 7.55. The third-order valence-electron chi connectivity index (χ3n) is 2.37. The molecule has 0 amide bonds. The molecule has 0 bridgehead atoms. The minimum absolute atomic E-state index is 0.332. The number of nitrogens with two attached hydrogens (primary N) is 1. The van der Waals surface area contributed by atoms with Crippen molar-refractivity contribution >= 4 is 5.71 Å². The number of hydrogen-bond donors (Lipinski definition) is 1. The molecule has 88 valence electrons. The largest absolute Gasteiger partial charge is 0.441 e. The van der Waals surface area contributed by atoms with E-state index in [0.29, 0.717) is 11.6 Å². The van der Waals surface area contributed by atoms with Crippen molar-refractivity contribution in [3.8, 4) is 5.69 Å². The number of benzene rings is 1.